The molecule has 0 saturated carbocycles. The van der Waals surface area contributed by atoms with Gasteiger partial charge >= 0.3 is 5.97 Å². The second-order valence-corrected chi connectivity index (χ2v) is 5.88. The lowest BCUT2D eigenvalue weighted by Gasteiger charge is -2.16. The van der Waals surface area contributed by atoms with Gasteiger partial charge in [-0.25, -0.2) is 4.79 Å². The molecule has 9 heteroatoms. The minimum absolute atomic E-state index is 0.112. The Kier molecular flexibility index (Phi) is 6.54. The maximum absolute atomic E-state index is 12.4. The lowest BCUT2D eigenvalue weighted by atomic mass is 10.1. The molecule has 148 valence electrons. The number of carbonyl (C=O) groups is 2. The molecular formula is C19H20N2O7. The molecule has 0 unspecified atom stereocenters. The van der Waals surface area contributed by atoms with Gasteiger partial charge in [0.2, 0.25) is 0 Å². The predicted octanol–water partition coefficient (Wildman–Crippen LogP) is 3.10. The van der Waals surface area contributed by atoms with E-state index in [0.717, 1.165) is 5.56 Å². The second kappa shape index (κ2) is 8.85. The third-order valence-corrected chi connectivity index (χ3v) is 3.88. The van der Waals surface area contributed by atoms with Crippen LogP contribution in [0.4, 0.5) is 11.4 Å². The average Bonchev–Trinajstić information content (AvgIpc) is 2.67. The SMILES string of the molecule is COc1cc([N+](=O)[O-])ccc1NC(=O)[C@H](C)OC(=O)c1cc(C)ccc1OC. The first-order valence-corrected chi connectivity index (χ1v) is 8.25. The van der Waals surface area contributed by atoms with Crippen molar-refractivity contribution in [2.75, 3.05) is 19.5 Å². The van der Waals surface area contributed by atoms with E-state index in [-0.39, 0.29) is 22.7 Å². The van der Waals surface area contributed by atoms with Gasteiger partial charge in [-0.3, -0.25) is 14.9 Å². The molecule has 2 aromatic carbocycles. The quantitative estimate of drug-likeness (QED) is 0.440. The number of amides is 1. The molecule has 0 heterocycles. The first-order chi connectivity index (χ1) is 13.3. The number of aryl methyl sites for hydroxylation is 1. The van der Waals surface area contributed by atoms with E-state index in [0.29, 0.717) is 5.75 Å². The molecule has 0 aromatic heterocycles. The number of ether oxygens (including phenoxy) is 3. The van der Waals surface area contributed by atoms with Gasteiger partial charge in [-0.1, -0.05) is 11.6 Å². The van der Waals surface area contributed by atoms with Crippen LogP contribution in [-0.2, 0) is 9.53 Å². The van der Waals surface area contributed by atoms with Crippen molar-refractivity contribution in [3.63, 3.8) is 0 Å². The number of hydrogen-bond acceptors (Lipinski definition) is 7. The maximum Gasteiger partial charge on any atom is 0.342 e. The highest BCUT2D eigenvalue weighted by Gasteiger charge is 2.23. The predicted molar refractivity (Wildman–Crippen MR) is 101 cm³/mol. The Morgan fingerprint density at radius 3 is 2.36 bits per heavy atom. The van der Waals surface area contributed by atoms with Crippen LogP contribution in [-0.4, -0.2) is 37.1 Å². The van der Waals surface area contributed by atoms with Crippen molar-refractivity contribution in [1.29, 1.82) is 0 Å². The number of nitro groups is 1. The summed E-state index contributed by atoms with van der Waals surface area (Å²) in [5, 5.41) is 13.4. The maximum atomic E-state index is 12.4. The first-order valence-electron chi connectivity index (χ1n) is 8.25. The summed E-state index contributed by atoms with van der Waals surface area (Å²) in [5.74, 6) is -0.882. The van der Waals surface area contributed by atoms with E-state index in [2.05, 4.69) is 5.32 Å². The van der Waals surface area contributed by atoms with Crippen LogP contribution < -0.4 is 14.8 Å². The Balaban J connectivity index is 2.12. The fraction of sp³-hybridized carbons (Fsp3) is 0.263. The van der Waals surface area contributed by atoms with Gasteiger partial charge in [0.1, 0.15) is 17.1 Å². The van der Waals surface area contributed by atoms with Gasteiger partial charge in [-0.2, -0.15) is 0 Å². The molecule has 1 N–H and O–H groups in total. The first kappa shape index (κ1) is 20.7. The van der Waals surface area contributed by atoms with Crippen LogP contribution in [0.5, 0.6) is 11.5 Å². The molecule has 0 radical (unpaired) electrons. The zero-order chi connectivity index (χ0) is 20.8. The van der Waals surface area contributed by atoms with E-state index in [1.807, 2.05) is 6.92 Å². The summed E-state index contributed by atoms with van der Waals surface area (Å²) in [4.78, 5) is 35.0. The number of rotatable bonds is 7. The number of hydrogen-bond donors (Lipinski definition) is 1. The van der Waals surface area contributed by atoms with Crippen molar-refractivity contribution >= 4 is 23.3 Å². The number of nitrogens with zero attached hydrogens (tertiary/aromatic N) is 1. The van der Waals surface area contributed by atoms with Gasteiger partial charge in [-0.15, -0.1) is 0 Å². The van der Waals surface area contributed by atoms with E-state index in [1.165, 1.54) is 39.3 Å². The molecule has 0 aliphatic heterocycles. The van der Waals surface area contributed by atoms with Crippen LogP contribution in [0.15, 0.2) is 36.4 Å². The zero-order valence-electron chi connectivity index (χ0n) is 15.8. The standard InChI is InChI=1S/C19H20N2O7/c1-11-5-8-16(26-3)14(9-11)19(23)28-12(2)18(22)20-15-7-6-13(21(24)25)10-17(15)27-4/h5-10,12H,1-4H3,(H,20,22)/t12-/m0/s1. The van der Waals surface area contributed by atoms with Crippen LogP contribution in [0, 0.1) is 17.0 Å². The Morgan fingerprint density at radius 2 is 1.75 bits per heavy atom. The molecule has 0 aliphatic rings. The molecule has 0 saturated heterocycles. The zero-order valence-corrected chi connectivity index (χ0v) is 15.8. The fourth-order valence-electron chi connectivity index (χ4n) is 2.39. The molecule has 0 bridgehead atoms. The summed E-state index contributed by atoms with van der Waals surface area (Å²) >= 11 is 0. The average molecular weight is 388 g/mol. The van der Waals surface area contributed by atoms with Crippen LogP contribution in [0.25, 0.3) is 0 Å². The van der Waals surface area contributed by atoms with E-state index in [9.17, 15) is 19.7 Å². The largest absolute Gasteiger partial charge is 0.496 e. The number of nitrogens with one attached hydrogen (secondary N) is 1. The Hall–Kier alpha value is -3.62. The van der Waals surface area contributed by atoms with Crippen molar-refractivity contribution in [2.24, 2.45) is 0 Å². The van der Waals surface area contributed by atoms with E-state index in [4.69, 9.17) is 14.2 Å². The number of esters is 1. The highest BCUT2D eigenvalue weighted by Crippen LogP contribution is 2.29. The molecule has 0 aliphatic carbocycles. The topological polar surface area (TPSA) is 117 Å². The highest BCUT2D eigenvalue weighted by atomic mass is 16.6. The monoisotopic (exact) mass is 388 g/mol. The molecule has 0 spiro atoms. The molecule has 28 heavy (non-hydrogen) atoms. The molecular weight excluding hydrogens is 368 g/mol. The van der Waals surface area contributed by atoms with Crippen molar-refractivity contribution in [3.05, 3.63) is 57.6 Å². The van der Waals surface area contributed by atoms with Crippen LogP contribution >= 0.6 is 0 Å². The van der Waals surface area contributed by atoms with Gasteiger partial charge in [0.05, 0.1) is 30.9 Å². The Labute approximate surface area is 161 Å². The molecule has 0 fully saturated rings. The van der Waals surface area contributed by atoms with Crippen molar-refractivity contribution in [1.82, 2.24) is 0 Å². The summed E-state index contributed by atoms with van der Waals surface area (Å²) in [7, 11) is 2.75. The van der Waals surface area contributed by atoms with Gasteiger partial charge < -0.3 is 19.5 Å². The van der Waals surface area contributed by atoms with Crippen molar-refractivity contribution in [3.8, 4) is 11.5 Å². The van der Waals surface area contributed by atoms with Gasteiger partial charge in [-0.05, 0) is 32.0 Å². The fourth-order valence-corrected chi connectivity index (χ4v) is 2.39. The minimum atomic E-state index is -1.13. The third-order valence-electron chi connectivity index (χ3n) is 3.88. The highest BCUT2D eigenvalue weighted by molar-refractivity contribution is 5.99. The van der Waals surface area contributed by atoms with E-state index in [1.54, 1.807) is 18.2 Å². The van der Waals surface area contributed by atoms with Crippen LogP contribution in [0.3, 0.4) is 0 Å². The van der Waals surface area contributed by atoms with Crippen molar-refractivity contribution in [2.45, 2.75) is 20.0 Å². The van der Waals surface area contributed by atoms with E-state index >= 15 is 0 Å². The lowest BCUT2D eigenvalue weighted by Crippen LogP contribution is -2.30. The Bertz CT molecular complexity index is 911. The molecule has 2 aromatic rings. The van der Waals surface area contributed by atoms with Gasteiger partial charge in [0.25, 0.3) is 11.6 Å². The van der Waals surface area contributed by atoms with Crippen LogP contribution in [0.2, 0.25) is 0 Å². The van der Waals surface area contributed by atoms with Gasteiger partial charge in [0.15, 0.2) is 6.10 Å². The number of benzene rings is 2. The number of non-ortho nitro benzene ring substituents is 1. The number of anilines is 1. The summed E-state index contributed by atoms with van der Waals surface area (Å²) in [6.07, 6.45) is -1.13. The molecule has 1 atom stereocenters. The Morgan fingerprint density at radius 1 is 1.07 bits per heavy atom. The minimum Gasteiger partial charge on any atom is -0.496 e. The molecule has 2 rings (SSSR count). The van der Waals surface area contributed by atoms with Crippen LogP contribution in [0.1, 0.15) is 22.8 Å². The van der Waals surface area contributed by atoms with E-state index < -0.39 is 22.9 Å². The second-order valence-electron chi connectivity index (χ2n) is 5.88. The summed E-state index contributed by atoms with van der Waals surface area (Å²) in [5.41, 5.74) is 1.07. The normalized spacial score (nSPS) is 11.3. The summed E-state index contributed by atoms with van der Waals surface area (Å²) < 4.78 is 15.4. The number of nitro benzene ring substituents is 1. The smallest absolute Gasteiger partial charge is 0.342 e. The molecule has 9 nitrogen and oxygen atoms in total. The van der Waals surface area contributed by atoms with Gasteiger partial charge in [0, 0.05) is 6.07 Å². The number of carbonyl (C=O) groups excluding carboxylic acids is 2. The lowest BCUT2D eigenvalue weighted by molar-refractivity contribution is -0.384. The summed E-state index contributed by atoms with van der Waals surface area (Å²) in [6.45, 7) is 3.22. The molecule has 1 amide bonds. The number of methoxy groups -OCH3 is 2. The third kappa shape index (κ3) is 4.76. The van der Waals surface area contributed by atoms with Crippen molar-refractivity contribution < 1.29 is 28.7 Å². The summed E-state index contributed by atoms with van der Waals surface area (Å²) in [6, 6.07) is 8.78.